The van der Waals surface area contributed by atoms with Crippen molar-refractivity contribution in [2.75, 3.05) is 0 Å². The second-order valence-corrected chi connectivity index (χ2v) is 2.56. The minimum atomic E-state index is -5.74. The number of halogens is 4. The second-order valence-electron chi connectivity index (χ2n) is 1.25. The molecule has 0 amide bonds. The first-order chi connectivity index (χ1) is 4.15. The van der Waals surface area contributed by atoms with E-state index >= 15 is 0 Å². The summed E-state index contributed by atoms with van der Waals surface area (Å²) in [5, 5.41) is 0. The lowest BCUT2D eigenvalue weighted by atomic mass is 10.7. The molecule has 0 aliphatic heterocycles. The fourth-order valence-electron chi connectivity index (χ4n) is 0.146. The predicted molar refractivity (Wildman–Crippen MR) is 22.0 cm³/mol. The van der Waals surface area contributed by atoms with Gasteiger partial charge in [-0.05, 0) is 0 Å². The molecule has 0 aromatic rings. The number of hydrogen-bond donors (Lipinski definition) is 1. The van der Waals surface area contributed by atoms with Gasteiger partial charge in [0.1, 0.15) is 0 Å². The zero-order valence-electron chi connectivity index (χ0n) is 4.18. The smallest absolute Gasteiger partial charge is 0.315 e. The van der Waals surface area contributed by atoms with Gasteiger partial charge in [0.25, 0.3) is 0 Å². The predicted octanol–water partition coefficient (Wildman–Crippen LogP) is 0.895. The molecule has 0 saturated heterocycles. The minimum absolute atomic E-state index is 3.40. The van der Waals surface area contributed by atoms with E-state index in [9.17, 15) is 26.0 Å². The summed E-state index contributed by atoms with van der Waals surface area (Å²) in [7, 11) is -5.74. The molecule has 0 atom stereocenters. The van der Waals surface area contributed by atoms with E-state index in [4.69, 9.17) is 4.55 Å². The van der Waals surface area contributed by atoms with E-state index in [-0.39, 0.29) is 0 Å². The van der Waals surface area contributed by atoms with Crippen molar-refractivity contribution in [3.8, 4) is 0 Å². The molecular formula is C2HF4O3S-. The van der Waals surface area contributed by atoms with Crippen LogP contribution in [0.5, 0.6) is 0 Å². The van der Waals surface area contributed by atoms with E-state index in [0.29, 0.717) is 0 Å². The van der Waals surface area contributed by atoms with Crippen molar-refractivity contribution >= 4 is 10.1 Å². The molecule has 3 nitrogen and oxygen atoms in total. The summed E-state index contributed by atoms with van der Waals surface area (Å²) in [5.41, 5.74) is -3.40. The van der Waals surface area contributed by atoms with Gasteiger partial charge in [-0.15, -0.1) is 0 Å². The Bertz CT molecular complexity index is 203. The number of rotatable bonds is 1. The summed E-state index contributed by atoms with van der Waals surface area (Å²) in [5.74, 6) is 0. The van der Waals surface area contributed by atoms with E-state index in [0.717, 1.165) is 0 Å². The van der Waals surface area contributed by atoms with Crippen LogP contribution in [-0.2, 0) is 10.1 Å². The van der Waals surface area contributed by atoms with Crippen LogP contribution in [0.1, 0.15) is 0 Å². The van der Waals surface area contributed by atoms with Gasteiger partial charge in [-0.2, -0.15) is 0 Å². The standard InChI is InChI=1S/C2HF4O3S/c3-1(2(4,5)6)10(7,8)9/h(H,7,8,9)/q-1. The van der Waals surface area contributed by atoms with Gasteiger partial charge < -0.3 is 8.94 Å². The van der Waals surface area contributed by atoms with Crippen molar-refractivity contribution in [1.29, 1.82) is 0 Å². The lowest BCUT2D eigenvalue weighted by Crippen LogP contribution is -2.24. The Kier molecular flexibility index (Phi) is 2.26. The average Bonchev–Trinajstić information content (AvgIpc) is 1.59. The number of alkyl halides is 3. The molecule has 0 heterocycles. The van der Waals surface area contributed by atoms with Crippen LogP contribution in [0.4, 0.5) is 17.6 Å². The van der Waals surface area contributed by atoms with E-state index in [1.54, 1.807) is 0 Å². The van der Waals surface area contributed by atoms with Crippen molar-refractivity contribution < 1.29 is 30.5 Å². The molecule has 0 aliphatic rings. The van der Waals surface area contributed by atoms with Gasteiger partial charge in [-0.3, -0.25) is 0 Å². The second kappa shape index (κ2) is 2.35. The van der Waals surface area contributed by atoms with Gasteiger partial charge in [-0.25, -0.2) is 21.6 Å². The molecule has 0 saturated carbocycles. The van der Waals surface area contributed by atoms with Gasteiger partial charge >= 0.3 is 6.18 Å². The maximum absolute atomic E-state index is 11.4. The van der Waals surface area contributed by atoms with Gasteiger partial charge in [0.15, 0.2) is 10.1 Å². The zero-order chi connectivity index (χ0) is 8.58. The lowest BCUT2D eigenvalue weighted by molar-refractivity contribution is -0.123. The highest BCUT2D eigenvalue weighted by atomic mass is 32.2. The molecular weight excluding hydrogens is 180 g/mol. The summed E-state index contributed by atoms with van der Waals surface area (Å²) in [6, 6.07) is 0. The van der Waals surface area contributed by atoms with Crippen LogP contribution >= 0.6 is 0 Å². The maximum atomic E-state index is 11.4. The van der Waals surface area contributed by atoms with Crippen LogP contribution in [0.2, 0.25) is 0 Å². The number of hydrogen-bond acceptors (Lipinski definition) is 2. The Morgan fingerprint density at radius 2 is 1.60 bits per heavy atom. The topological polar surface area (TPSA) is 54.4 Å². The van der Waals surface area contributed by atoms with Crippen molar-refractivity contribution in [2.24, 2.45) is 0 Å². The maximum Gasteiger partial charge on any atom is 0.315 e. The van der Waals surface area contributed by atoms with Crippen LogP contribution in [0, 0.1) is 5.50 Å². The highest BCUT2D eigenvalue weighted by Crippen LogP contribution is 2.32. The monoisotopic (exact) mass is 181 g/mol. The Morgan fingerprint density at radius 3 is 1.60 bits per heavy atom. The largest absolute Gasteiger partial charge is 0.428 e. The molecule has 62 valence electrons. The highest BCUT2D eigenvalue weighted by Gasteiger charge is 2.35. The molecule has 0 fully saturated rings. The van der Waals surface area contributed by atoms with Gasteiger partial charge in [-0.1, -0.05) is 0 Å². The molecule has 0 radical (unpaired) electrons. The van der Waals surface area contributed by atoms with Crippen molar-refractivity contribution in [3.05, 3.63) is 5.50 Å². The Labute approximate surface area is 53.4 Å². The summed E-state index contributed by atoms with van der Waals surface area (Å²) < 4.78 is 70.6. The van der Waals surface area contributed by atoms with Crippen LogP contribution in [0.25, 0.3) is 0 Å². The average molecular weight is 181 g/mol. The first-order valence-electron chi connectivity index (χ1n) is 1.73. The molecule has 0 aromatic carbocycles. The first kappa shape index (κ1) is 9.63. The van der Waals surface area contributed by atoms with Crippen LogP contribution in [0.3, 0.4) is 0 Å². The molecule has 0 aromatic heterocycles. The summed E-state index contributed by atoms with van der Waals surface area (Å²) in [6.07, 6.45) is -5.65. The fraction of sp³-hybridized carbons (Fsp3) is 0.500. The normalized spacial score (nSPS) is 14.2. The quantitative estimate of drug-likeness (QED) is 0.371. The van der Waals surface area contributed by atoms with E-state index in [2.05, 4.69) is 0 Å². The van der Waals surface area contributed by atoms with Crippen LogP contribution < -0.4 is 0 Å². The van der Waals surface area contributed by atoms with E-state index in [1.165, 1.54) is 0 Å². The summed E-state index contributed by atoms with van der Waals surface area (Å²) >= 11 is 0. The highest BCUT2D eigenvalue weighted by molar-refractivity contribution is 7.88. The Morgan fingerprint density at radius 1 is 1.30 bits per heavy atom. The van der Waals surface area contributed by atoms with E-state index in [1.807, 2.05) is 0 Å². The van der Waals surface area contributed by atoms with Gasteiger partial charge in [0.05, 0.1) is 5.50 Å². The summed E-state index contributed by atoms with van der Waals surface area (Å²) in [6.45, 7) is 0. The van der Waals surface area contributed by atoms with Crippen LogP contribution in [0.15, 0.2) is 0 Å². The van der Waals surface area contributed by atoms with E-state index < -0.39 is 21.8 Å². The summed E-state index contributed by atoms with van der Waals surface area (Å²) in [4.78, 5) is 0. The third kappa shape index (κ3) is 2.48. The minimum Gasteiger partial charge on any atom is -0.428 e. The van der Waals surface area contributed by atoms with Crippen molar-refractivity contribution in [1.82, 2.24) is 0 Å². The molecule has 0 rings (SSSR count). The third-order valence-electron chi connectivity index (χ3n) is 0.449. The molecule has 8 heteroatoms. The fourth-order valence-corrected chi connectivity index (χ4v) is 0.439. The zero-order valence-corrected chi connectivity index (χ0v) is 5.00. The van der Waals surface area contributed by atoms with Crippen LogP contribution in [-0.4, -0.2) is 19.1 Å². The molecule has 10 heavy (non-hydrogen) atoms. The molecule has 0 aliphatic carbocycles. The molecule has 0 spiro atoms. The molecule has 0 bridgehead atoms. The molecule has 1 N–H and O–H groups in total. The molecule has 0 unspecified atom stereocenters. The SMILES string of the molecule is O=S(=O)(O)[C-](F)C(F)(F)F. The van der Waals surface area contributed by atoms with Gasteiger partial charge in [0, 0.05) is 0 Å². The third-order valence-corrected chi connectivity index (χ3v) is 1.13. The Balaban J connectivity index is 4.56. The lowest BCUT2D eigenvalue weighted by Gasteiger charge is -2.20. The van der Waals surface area contributed by atoms with Crippen molar-refractivity contribution in [2.45, 2.75) is 6.18 Å². The van der Waals surface area contributed by atoms with Crippen molar-refractivity contribution in [3.63, 3.8) is 0 Å². The Hall–Kier alpha value is -0.370. The van der Waals surface area contributed by atoms with Gasteiger partial charge in [0.2, 0.25) is 0 Å². The first-order valence-corrected chi connectivity index (χ1v) is 3.17.